The fraction of sp³-hybridized carbons (Fsp3) is 0.261. The van der Waals surface area contributed by atoms with E-state index in [1.54, 1.807) is 14.2 Å². The van der Waals surface area contributed by atoms with Crippen LogP contribution in [0.1, 0.15) is 31.4 Å². The van der Waals surface area contributed by atoms with E-state index in [2.05, 4.69) is 29.3 Å². The van der Waals surface area contributed by atoms with Crippen molar-refractivity contribution in [2.75, 3.05) is 14.2 Å². The molecule has 7 heteroatoms. The molecule has 0 aliphatic heterocycles. The summed E-state index contributed by atoms with van der Waals surface area (Å²) >= 11 is 9.40. The van der Waals surface area contributed by atoms with Crippen molar-refractivity contribution in [3.8, 4) is 5.75 Å². The van der Waals surface area contributed by atoms with Crippen LogP contribution in [0, 0.1) is 0 Å². The van der Waals surface area contributed by atoms with Gasteiger partial charge in [-0.15, -0.1) is 12.6 Å². The van der Waals surface area contributed by atoms with Crippen molar-refractivity contribution in [3.05, 3.63) is 88.0 Å². The van der Waals surface area contributed by atoms with Gasteiger partial charge in [-0.3, -0.25) is 4.99 Å². The van der Waals surface area contributed by atoms with Crippen LogP contribution < -0.4 is 66.6 Å². The summed E-state index contributed by atoms with van der Waals surface area (Å²) in [6, 6.07) is 17.8. The summed E-state index contributed by atoms with van der Waals surface area (Å²) in [5.41, 5.74) is 10.4. The Kier molecular flexibility index (Phi) is 16.8. The molecule has 0 saturated carbocycles. The zero-order valence-corrected chi connectivity index (χ0v) is 23.3. The molecule has 0 aliphatic carbocycles. The Morgan fingerprint density at radius 1 is 1.17 bits per heavy atom. The number of benzene rings is 2. The molecular formula is C23H30KN3OS2. The third-order valence-corrected chi connectivity index (χ3v) is 4.90. The SMILES string of the molecule is CC/C(S)=C/C(C(=NC)c1ccccc1)=C(\C)N[S-].COc1ccc(CN)cc1.[K+]. The largest absolute Gasteiger partial charge is 1.00 e. The summed E-state index contributed by atoms with van der Waals surface area (Å²) in [6.45, 7) is 4.60. The zero-order chi connectivity index (χ0) is 21.6. The van der Waals surface area contributed by atoms with Gasteiger partial charge < -0.3 is 28.0 Å². The van der Waals surface area contributed by atoms with Crippen LogP contribution in [0.4, 0.5) is 0 Å². The molecule has 0 aliphatic rings. The van der Waals surface area contributed by atoms with E-state index < -0.39 is 0 Å². The molecule has 0 atom stereocenters. The minimum atomic E-state index is 0. The number of nitrogens with zero attached hydrogens (tertiary/aromatic N) is 1. The Morgan fingerprint density at radius 2 is 1.77 bits per heavy atom. The van der Waals surface area contributed by atoms with Crippen molar-refractivity contribution in [2.24, 2.45) is 10.7 Å². The van der Waals surface area contributed by atoms with Gasteiger partial charge in [-0.1, -0.05) is 49.4 Å². The number of rotatable bonds is 7. The molecule has 0 radical (unpaired) electrons. The van der Waals surface area contributed by atoms with Crippen LogP contribution in [0.2, 0.25) is 0 Å². The molecule has 0 saturated heterocycles. The van der Waals surface area contributed by atoms with Crippen molar-refractivity contribution < 1.29 is 56.1 Å². The average molecular weight is 468 g/mol. The summed E-state index contributed by atoms with van der Waals surface area (Å²) in [6.07, 6.45) is 2.90. The van der Waals surface area contributed by atoms with E-state index >= 15 is 0 Å². The molecule has 2 aromatic rings. The third kappa shape index (κ3) is 10.2. The fourth-order valence-corrected chi connectivity index (χ4v) is 2.68. The molecule has 0 heterocycles. The predicted molar refractivity (Wildman–Crippen MR) is 130 cm³/mol. The molecule has 0 spiro atoms. The first-order valence-electron chi connectivity index (χ1n) is 9.34. The summed E-state index contributed by atoms with van der Waals surface area (Å²) in [4.78, 5) is 5.41. The van der Waals surface area contributed by atoms with Crippen LogP contribution in [0.5, 0.6) is 5.75 Å². The number of hydrogen-bond acceptors (Lipinski definition) is 6. The normalized spacial score (nSPS) is 12.1. The minimum Gasteiger partial charge on any atom is -0.671 e. The Balaban J connectivity index is 0.000000646. The molecule has 0 unspecified atom stereocenters. The number of allylic oxidation sites excluding steroid dienone is 4. The Bertz CT molecular complexity index is 812. The molecular weight excluding hydrogens is 438 g/mol. The van der Waals surface area contributed by atoms with E-state index in [4.69, 9.17) is 23.3 Å². The topological polar surface area (TPSA) is 59.6 Å². The van der Waals surface area contributed by atoms with Crippen LogP contribution >= 0.6 is 12.6 Å². The number of nitrogens with two attached hydrogens (primary N) is 1. The van der Waals surface area contributed by atoms with Crippen LogP contribution in [0.3, 0.4) is 0 Å². The maximum Gasteiger partial charge on any atom is 1.00 e. The Labute approximate surface area is 234 Å². The first kappa shape index (κ1) is 29.5. The van der Waals surface area contributed by atoms with Crippen molar-refractivity contribution in [2.45, 2.75) is 26.8 Å². The van der Waals surface area contributed by atoms with E-state index in [1.807, 2.05) is 67.6 Å². The number of hydrogen-bond donors (Lipinski definition) is 3. The Hall–Kier alpha value is -0.514. The molecule has 4 nitrogen and oxygen atoms in total. The second-order valence-corrected chi connectivity index (χ2v) is 6.90. The first-order valence-corrected chi connectivity index (χ1v) is 10.2. The van der Waals surface area contributed by atoms with Gasteiger partial charge in [0, 0.05) is 24.7 Å². The van der Waals surface area contributed by atoms with E-state index in [9.17, 15) is 0 Å². The van der Waals surface area contributed by atoms with Crippen molar-refractivity contribution in [3.63, 3.8) is 0 Å². The summed E-state index contributed by atoms with van der Waals surface area (Å²) < 4.78 is 7.76. The van der Waals surface area contributed by atoms with Gasteiger partial charge in [-0.25, -0.2) is 0 Å². The maximum absolute atomic E-state index is 5.40. The number of aliphatic imine (C=N–C) groups is 1. The molecule has 3 N–H and O–H groups in total. The third-order valence-electron chi connectivity index (χ3n) is 4.15. The molecule has 30 heavy (non-hydrogen) atoms. The molecule has 0 fully saturated rings. The quantitative estimate of drug-likeness (QED) is 0.191. The molecule has 0 amide bonds. The van der Waals surface area contributed by atoms with E-state index in [-0.39, 0.29) is 51.4 Å². The molecule has 0 aromatic heterocycles. The minimum absolute atomic E-state index is 0. The number of methoxy groups -OCH3 is 1. The van der Waals surface area contributed by atoms with Gasteiger partial charge in [0.25, 0.3) is 0 Å². The van der Waals surface area contributed by atoms with Crippen molar-refractivity contribution in [1.82, 2.24) is 4.72 Å². The van der Waals surface area contributed by atoms with Crippen molar-refractivity contribution in [1.29, 1.82) is 0 Å². The number of thiol groups is 1. The summed E-state index contributed by atoms with van der Waals surface area (Å²) in [5, 5.41) is 0. The van der Waals surface area contributed by atoms with Gasteiger partial charge in [-0.05, 0) is 47.7 Å². The van der Waals surface area contributed by atoms with Gasteiger partial charge in [0.05, 0.1) is 12.8 Å². The molecule has 2 aromatic carbocycles. The summed E-state index contributed by atoms with van der Waals surface area (Å²) in [7, 11) is 3.44. The van der Waals surface area contributed by atoms with E-state index in [0.717, 1.165) is 45.2 Å². The first-order chi connectivity index (χ1) is 14.0. The maximum atomic E-state index is 5.40. The summed E-state index contributed by atoms with van der Waals surface area (Å²) in [5.74, 6) is 0.872. The smallest absolute Gasteiger partial charge is 0.671 e. The van der Waals surface area contributed by atoms with E-state index in [1.165, 1.54) is 0 Å². The predicted octanol–water partition coefficient (Wildman–Crippen LogP) is 1.81. The monoisotopic (exact) mass is 467 g/mol. The van der Waals surface area contributed by atoms with Gasteiger partial charge in [0.1, 0.15) is 5.75 Å². The number of nitrogens with one attached hydrogen (secondary N) is 1. The molecule has 156 valence electrons. The molecule has 2 rings (SSSR count). The van der Waals surface area contributed by atoms with Gasteiger partial charge >= 0.3 is 51.4 Å². The number of ether oxygens (including phenoxy) is 1. The van der Waals surface area contributed by atoms with Gasteiger partial charge in [0.15, 0.2) is 0 Å². The van der Waals surface area contributed by atoms with Crippen LogP contribution in [0.15, 0.2) is 81.8 Å². The second-order valence-electron chi connectivity index (χ2n) is 6.12. The zero-order valence-electron chi connectivity index (χ0n) is 18.5. The van der Waals surface area contributed by atoms with Crippen molar-refractivity contribution >= 4 is 31.2 Å². The van der Waals surface area contributed by atoms with Gasteiger partial charge in [-0.2, -0.15) is 0 Å². The van der Waals surface area contributed by atoms with Crippen LogP contribution in [0.25, 0.3) is 0 Å². The van der Waals surface area contributed by atoms with Gasteiger partial charge in [0.2, 0.25) is 0 Å². The second kappa shape index (κ2) is 17.1. The van der Waals surface area contributed by atoms with Crippen LogP contribution in [-0.4, -0.2) is 19.9 Å². The fourth-order valence-electron chi connectivity index (χ4n) is 2.44. The van der Waals surface area contributed by atoms with Crippen LogP contribution in [-0.2, 0) is 19.4 Å². The van der Waals surface area contributed by atoms with E-state index in [0.29, 0.717) is 6.54 Å². The molecule has 0 bridgehead atoms. The average Bonchev–Trinajstić information content (AvgIpc) is 2.79. The Morgan fingerprint density at radius 3 is 2.20 bits per heavy atom. The standard InChI is InChI=1S/C15H19N2S2.C8H11NO.K/c1-4-13(18)10-14(11(2)17-19)15(16-3)12-8-6-5-7-9-12;1-10-8-4-2-7(6-9)3-5-8;/h5-10,17-18H,4H2,1-3H3;2-5H,6,9H2,1H3;/q-1;;+1/b13-10-,14-11-,16-15?;;.